The van der Waals surface area contributed by atoms with E-state index in [2.05, 4.69) is 36.5 Å². The van der Waals surface area contributed by atoms with Crippen LogP contribution in [0.3, 0.4) is 0 Å². The molecule has 1 N–H and O–H groups in total. The molecule has 1 aliphatic rings. The summed E-state index contributed by atoms with van der Waals surface area (Å²) in [5.74, 6) is 0.777. The van der Waals surface area contributed by atoms with Crippen LogP contribution in [0.5, 0.6) is 0 Å². The first-order valence-electron chi connectivity index (χ1n) is 6.64. The Morgan fingerprint density at radius 2 is 2.00 bits per heavy atom. The average Bonchev–Trinajstić information content (AvgIpc) is 2.35. The van der Waals surface area contributed by atoms with Gasteiger partial charge in [0.2, 0.25) is 0 Å². The number of methoxy groups -OCH3 is 1. The summed E-state index contributed by atoms with van der Waals surface area (Å²) in [5.41, 5.74) is 2.50. The molecule has 1 aromatic carbocycles. The van der Waals surface area contributed by atoms with Crippen molar-refractivity contribution >= 4 is 5.69 Å². The molecule has 2 heteroatoms. The van der Waals surface area contributed by atoms with Crippen LogP contribution in [0, 0.1) is 5.92 Å². The van der Waals surface area contributed by atoms with Gasteiger partial charge in [-0.3, -0.25) is 0 Å². The lowest BCUT2D eigenvalue weighted by atomic mass is 9.85. The molecule has 0 heterocycles. The number of benzene rings is 1. The summed E-state index contributed by atoms with van der Waals surface area (Å²) >= 11 is 0. The second kappa shape index (κ2) is 6.06. The Bertz CT molecular complexity index is 351. The van der Waals surface area contributed by atoms with Gasteiger partial charge in [-0.2, -0.15) is 0 Å². The molecule has 1 saturated carbocycles. The van der Waals surface area contributed by atoms with Gasteiger partial charge >= 0.3 is 0 Å². The third kappa shape index (κ3) is 3.22. The van der Waals surface area contributed by atoms with Crippen molar-refractivity contribution in [2.75, 3.05) is 12.4 Å². The highest BCUT2D eigenvalue weighted by Crippen LogP contribution is 2.28. The average molecular weight is 233 g/mol. The van der Waals surface area contributed by atoms with E-state index < -0.39 is 0 Å². The quantitative estimate of drug-likeness (QED) is 0.853. The van der Waals surface area contributed by atoms with Crippen molar-refractivity contribution in [3.8, 4) is 0 Å². The van der Waals surface area contributed by atoms with Crippen LogP contribution in [0.2, 0.25) is 0 Å². The third-order valence-corrected chi connectivity index (χ3v) is 3.77. The summed E-state index contributed by atoms with van der Waals surface area (Å²) < 4.78 is 5.24. The monoisotopic (exact) mass is 233 g/mol. The van der Waals surface area contributed by atoms with Crippen molar-refractivity contribution in [3.05, 3.63) is 29.8 Å². The number of nitrogens with one attached hydrogen (secondary N) is 1. The SMILES string of the molecule is COCc1ccccc1NC1CCCCC1C. The normalized spacial score (nSPS) is 24.6. The second-order valence-electron chi connectivity index (χ2n) is 5.10. The third-order valence-electron chi connectivity index (χ3n) is 3.77. The molecule has 2 unspecified atom stereocenters. The summed E-state index contributed by atoms with van der Waals surface area (Å²) in [7, 11) is 1.75. The van der Waals surface area contributed by atoms with Gasteiger partial charge < -0.3 is 10.1 Å². The first-order valence-corrected chi connectivity index (χ1v) is 6.64. The van der Waals surface area contributed by atoms with E-state index in [-0.39, 0.29) is 0 Å². The van der Waals surface area contributed by atoms with Crippen molar-refractivity contribution in [2.24, 2.45) is 5.92 Å². The van der Waals surface area contributed by atoms with Gasteiger partial charge in [0.1, 0.15) is 0 Å². The minimum Gasteiger partial charge on any atom is -0.382 e. The highest BCUT2D eigenvalue weighted by atomic mass is 16.5. The number of para-hydroxylation sites is 1. The Morgan fingerprint density at radius 3 is 2.76 bits per heavy atom. The predicted molar refractivity (Wildman–Crippen MR) is 72.2 cm³/mol. The molecule has 0 aromatic heterocycles. The smallest absolute Gasteiger partial charge is 0.0733 e. The Labute approximate surface area is 104 Å². The van der Waals surface area contributed by atoms with Crippen LogP contribution in [0.1, 0.15) is 38.2 Å². The number of hydrogen-bond acceptors (Lipinski definition) is 2. The molecule has 0 saturated heterocycles. The van der Waals surface area contributed by atoms with Crippen molar-refractivity contribution < 1.29 is 4.74 Å². The first-order chi connectivity index (χ1) is 8.31. The van der Waals surface area contributed by atoms with E-state index >= 15 is 0 Å². The second-order valence-corrected chi connectivity index (χ2v) is 5.10. The molecule has 17 heavy (non-hydrogen) atoms. The van der Waals surface area contributed by atoms with E-state index in [1.54, 1.807) is 7.11 Å². The van der Waals surface area contributed by atoms with E-state index in [1.165, 1.54) is 36.9 Å². The zero-order chi connectivity index (χ0) is 12.1. The Morgan fingerprint density at radius 1 is 1.24 bits per heavy atom. The van der Waals surface area contributed by atoms with Gasteiger partial charge in [-0.15, -0.1) is 0 Å². The fraction of sp³-hybridized carbons (Fsp3) is 0.600. The summed E-state index contributed by atoms with van der Waals surface area (Å²) in [6, 6.07) is 9.09. The topological polar surface area (TPSA) is 21.3 Å². The zero-order valence-electron chi connectivity index (χ0n) is 10.9. The maximum atomic E-state index is 5.24. The van der Waals surface area contributed by atoms with Crippen molar-refractivity contribution in [1.82, 2.24) is 0 Å². The summed E-state index contributed by atoms with van der Waals surface area (Å²) in [6.07, 6.45) is 5.39. The number of ether oxygens (including phenoxy) is 1. The van der Waals surface area contributed by atoms with Gasteiger partial charge in [-0.25, -0.2) is 0 Å². The van der Waals surface area contributed by atoms with E-state index in [4.69, 9.17) is 4.74 Å². The van der Waals surface area contributed by atoms with Crippen LogP contribution < -0.4 is 5.32 Å². The number of hydrogen-bond donors (Lipinski definition) is 1. The molecule has 1 aromatic rings. The Hall–Kier alpha value is -1.02. The largest absolute Gasteiger partial charge is 0.382 e. The minimum atomic E-state index is 0.627. The van der Waals surface area contributed by atoms with Gasteiger partial charge in [0.25, 0.3) is 0 Å². The summed E-state index contributed by atoms with van der Waals surface area (Å²) in [5, 5.41) is 3.70. The molecule has 0 aliphatic heterocycles. The van der Waals surface area contributed by atoms with E-state index in [9.17, 15) is 0 Å². The fourth-order valence-electron chi connectivity index (χ4n) is 2.67. The summed E-state index contributed by atoms with van der Waals surface area (Å²) in [4.78, 5) is 0. The molecule has 0 amide bonds. The van der Waals surface area contributed by atoms with Crippen molar-refractivity contribution in [3.63, 3.8) is 0 Å². The van der Waals surface area contributed by atoms with E-state index in [1.807, 2.05) is 0 Å². The molecule has 1 fully saturated rings. The van der Waals surface area contributed by atoms with Crippen LogP contribution >= 0.6 is 0 Å². The number of anilines is 1. The standard InChI is InChI=1S/C15H23NO/c1-12-7-3-5-9-14(12)16-15-10-6-4-8-13(15)11-17-2/h4,6,8,10,12,14,16H,3,5,7,9,11H2,1-2H3. The molecule has 2 nitrogen and oxygen atoms in total. The molecule has 0 spiro atoms. The lowest BCUT2D eigenvalue weighted by Gasteiger charge is -2.31. The molecule has 2 atom stereocenters. The zero-order valence-corrected chi connectivity index (χ0v) is 10.9. The highest BCUT2D eigenvalue weighted by molar-refractivity contribution is 5.51. The van der Waals surface area contributed by atoms with Crippen molar-refractivity contribution in [2.45, 2.75) is 45.3 Å². The summed E-state index contributed by atoms with van der Waals surface area (Å²) in [6.45, 7) is 3.04. The van der Waals surface area contributed by atoms with E-state index in [0.29, 0.717) is 12.6 Å². The molecule has 0 bridgehead atoms. The minimum absolute atomic E-state index is 0.627. The van der Waals surface area contributed by atoms with Gasteiger partial charge in [0, 0.05) is 24.4 Å². The van der Waals surface area contributed by atoms with Gasteiger partial charge in [-0.05, 0) is 24.8 Å². The molecular weight excluding hydrogens is 210 g/mol. The first kappa shape index (κ1) is 12.4. The highest BCUT2D eigenvalue weighted by Gasteiger charge is 2.21. The van der Waals surface area contributed by atoms with E-state index in [0.717, 1.165) is 5.92 Å². The lowest BCUT2D eigenvalue weighted by molar-refractivity contribution is 0.185. The van der Waals surface area contributed by atoms with Crippen LogP contribution in [0.15, 0.2) is 24.3 Å². The Kier molecular flexibility index (Phi) is 4.43. The molecular formula is C15H23NO. The number of rotatable bonds is 4. The van der Waals surface area contributed by atoms with Gasteiger partial charge in [0.05, 0.1) is 6.61 Å². The molecule has 1 aliphatic carbocycles. The van der Waals surface area contributed by atoms with Crippen LogP contribution in [-0.4, -0.2) is 13.2 Å². The van der Waals surface area contributed by atoms with Crippen LogP contribution in [0.4, 0.5) is 5.69 Å². The maximum Gasteiger partial charge on any atom is 0.0733 e. The predicted octanol–water partition coefficient (Wildman–Crippen LogP) is 3.82. The van der Waals surface area contributed by atoms with Gasteiger partial charge in [-0.1, -0.05) is 38.0 Å². The fourth-order valence-corrected chi connectivity index (χ4v) is 2.67. The maximum absolute atomic E-state index is 5.24. The van der Waals surface area contributed by atoms with Crippen LogP contribution in [-0.2, 0) is 11.3 Å². The molecule has 0 radical (unpaired) electrons. The van der Waals surface area contributed by atoms with Gasteiger partial charge in [0.15, 0.2) is 0 Å². The van der Waals surface area contributed by atoms with Crippen molar-refractivity contribution in [1.29, 1.82) is 0 Å². The van der Waals surface area contributed by atoms with Crippen LogP contribution in [0.25, 0.3) is 0 Å². The molecule has 2 rings (SSSR count). The Balaban J connectivity index is 2.06. The lowest BCUT2D eigenvalue weighted by Crippen LogP contribution is -2.30. The molecule has 94 valence electrons.